The molecule has 2 heterocycles. The van der Waals surface area contributed by atoms with Gasteiger partial charge >= 0.3 is 5.97 Å². The van der Waals surface area contributed by atoms with Gasteiger partial charge in [-0.05, 0) is 31.0 Å². The molecule has 2 amide bonds. The Labute approximate surface area is 207 Å². The lowest BCUT2D eigenvalue weighted by atomic mass is 9.90. The fraction of sp³-hybridized carbons (Fsp3) is 0.400. The Balaban J connectivity index is 1.41. The number of fused-ring (bicyclic) bond motifs is 1. The maximum absolute atomic E-state index is 13.5. The van der Waals surface area contributed by atoms with Gasteiger partial charge in [-0.25, -0.2) is 4.79 Å². The van der Waals surface area contributed by atoms with Gasteiger partial charge < -0.3 is 19.7 Å². The molecule has 0 unspecified atom stereocenters. The number of carbonyl (C=O) groups is 3. The van der Waals surface area contributed by atoms with E-state index in [1.165, 1.54) is 23.1 Å². The van der Waals surface area contributed by atoms with Crippen molar-refractivity contribution in [2.75, 3.05) is 48.0 Å². The molecule has 0 bridgehead atoms. The summed E-state index contributed by atoms with van der Waals surface area (Å²) >= 11 is 0. The fourth-order valence-corrected chi connectivity index (χ4v) is 5.28. The molecular weight excluding hydrogens is 468 g/mol. The molecule has 1 aliphatic carbocycles. The fourth-order valence-electron chi connectivity index (χ4n) is 5.28. The largest absolute Gasteiger partial charge is 0.452 e. The third-order valence-corrected chi connectivity index (χ3v) is 7.01. The van der Waals surface area contributed by atoms with Crippen LogP contribution in [0.15, 0.2) is 42.5 Å². The number of morpholine rings is 1. The van der Waals surface area contributed by atoms with Gasteiger partial charge in [-0.3, -0.25) is 24.6 Å². The van der Waals surface area contributed by atoms with Crippen molar-refractivity contribution in [1.29, 1.82) is 0 Å². The molecule has 11 nitrogen and oxygen atoms in total. The summed E-state index contributed by atoms with van der Waals surface area (Å²) < 4.78 is 10.8. The van der Waals surface area contributed by atoms with Crippen molar-refractivity contribution in [3.8, 4) is 0 Å². The first-order valence-corrected chi connectivity index (χ1v) is 11.9. The number of nitro benzene ring substituents is 1. The van der Waals surface area contributed by atoms with E-state index in [2.05, 4.69) is 5.32 Å². The summed E-state index contributed by atoms with van der Waals surface area (Å²) in [5, 5.41) is 14.3. The van der Waals surface area contributed by atoms with Crippen LogP contribution in [0.25, 0.3) is 0 Å². The van der Waals surface area contributed by atoms with Crippen molar-refractivity contribution in [3.05, 3.63) is 58.1 Å². The van der Waals surface area contributed by atoms with E-state index in [0.29, 0.717) is 56.2 Å². The molecule has 1 saturated heterocycles. The van der Waals surface area contributed by atoms with Crippen LogP contribution < -0.4 is 15.1 Å². The first-order chi connectivity index (χ1) is 17.4. The highest BCUT2D eigenvalue weighted by molar-refractivity contribution is 6.15. The van der Waals surface area contributed by atoms with E-state index in [9.17, 15) is 24.5 Å². The lowest BCUT2D eigenvalue weighted by molar-refractivity contribution is -0.384. The van der Waals surface area contributed by atoms with E-state index in [-0.39, 0.29) is 17.2 Å². The molecule has 0 radical (unpaired) electrons. The first kappa shape index (κ1) is 23.7. The second kappa shape index (κ2) is 9.57. The molecule has 3 aliphatic rings. The Kier molecular flexibility index (Phi) is 6.31. The molecule has 188 valence electrons. The zero-order chi connectivity index (χ0) is 25.3. The number of ether oxygens (including phenoxy) is 2. The standard InChI is InChI=1S/C25H26N4O7/c30-22(28-21-6-2-1-5-19(21)26-24(32)25(28)9-3-4-10-25)16-36-23(31)18-15-17(29(33)34)7-8-20(18)27-11-13-35-14-12-27/h1-2,5-8,15H,3-4,9-14,16H2,(H,26,32). The van der Waals surface area contributed by atoms with Crippen molar-refractivity contribution in [3.63, 3.8) is 0 Å². The number of amides is 2. The number of carbonyl (C=O) groups excluding carboxylic acids is 3. The molecule has 2 fully saturated rings. The number of hydrogen-bond acceptors (Lipinski definition) is 8. The molecule has 11 heteroatoms. The summed E-state index contributed by atoms with van der Waals surface area (Å²) in [7, 11) is 0. The highest BCUT2D eigenvalue weighted by Gasteiger charge is 2.52. The molecular formula is C25H26N4O7. The summed E-state index contributed by atoms with van der Waals surface area (Å²) in [6.45, 7) is 1.34. The number of para-hydroxylation sites is 2. The second-order valence-corrected chi connectivity index (χ2v) is 9.07. The van der Waals surface area contributed by atoms with Gasteiger partial charge in [0.2, 0.25) is 0 Å². The molecule has 5 rings (SSSR count). The molecule has 36 heavy (non-hydrogen) atoms. The van der Waals surface area contributed by atoms with Crippen LogP contribution in [0.3, 0.4) is 0 Å². The molecule has 1 spiro atoms. The zero-order valence-electron chi connectivity index (χ0n) is 19.6. The van der Waals surface area contributed by atoms with Crippen LogP contribution in [0.1, 0.15) is 36.0 Å². The van der Waals surface area contributed by atoms with Crippen molar-refractivity contribution < 1.29 is 28.8 Å². The highest BCUT2D eigenvalue weighted by atomic mass is 16.6. The normalized spacial score (nSPS) is 18.5. The van der Waals surface area contributed by atoms with Crippen LogP contribution in [-0.2, 0) is 19.1 Å². The summed E-state index contributed by atoms with van der Waals surface area (Å²) in [6, 6.07) is 11.0. The smallest absolute Gasteiger partial charge is 0.341 e. The Hall–Kier alpha value is -3.99. The molecule has 1 N–H and O–H groups in total. The van der Waals surface area contributed by atoms with E-state index >= 15 is 0 Å². The minimum absolute atomic E-state index is 0.00580. The average molecular weight is 495 g/mol. The van der Waals surface area contributed by atoms with Crippen LogP contribution in [0.4, 0.5) is 22.7 Å². The average Bonchev–Trinajstić information content (AvgIpc) is 3.38. The van der Waals surface area contributed by atoms with Crippen molar-refractivity contribution >= 4 is 40.5 Å². The topological polar surface area (TPSA) is 131 Å². The van der Waals surface area contributed by atoms with E-state index in [1.807, 2.05) is 4.90 Å². The number of nitrogens with zero attached hydrogens (tertiary/aromatic N) is 3. The number of rotatable bonds is 5. The van der Waals surface area contributed by atoms with E-state index in [1.54, 1.807) is 24.3 Å². The van der Waals surface area contributed by atoms with Crippen LogP contribution in [0, 0.1) is 10.1 Å². The quantitative estimate of drug-likeness (QED) is 0.381. The Bertz CT molecular complexity index is 1220. The van der Waals surface area contributed by atoms with Gasteiger partial charge in [-0.1, -0.05) is 25.0 Å². The maximum Gasteiger partial charge on any atom is 0.341 e. The third kappa shape index (κ3) is 4.15. The van der Waals surface area contributed by atoms with Gasteiger partial charge in [0.15, 0.2) is 6.61 Å². The van der Waals surface area contributed by atoms with Crippen LogP contribution >= 0.6 is 0 Å². The highest BCUT2D eigenvalue weighted by Crippen LogP contribution is 2.45. The number of benzene rings is 2. The van der Waals surface area contributed by atoms with Gasteiger partial charge in [-0.15, -0.1) is 0 Å². The van der Waals surface area contributed by atoms with E-state index < -0.39 is 28.9 Å². The zero-order valence-corrected chi connectivity index (χ0v) is 19.6. The number of nitro groups is 1. The van der Waals surface area contributed by atoms with Gasteiger partial charge in [0, 0.05) is 25.2 Å². The molecule has 2 aromatic rings. The lowest BCUT2D eigenvalue weighted by Crippen LogP contribution is -2.61. The van der Waals surface area contributed by atoms with Gasteiger partial charge in [0.05, 0.1) is 40.8 Å². The van der Waals surface area contributed by atoms with Crippen molar-refractivity contribution in [2.45, 2.75) is 31.2 Å². The summed E-state index contributed by atoms with van der Waals surface area (Å²) in [5.74, 6) is -1.61. The van der Waals surface area contributed by atoms with Crippen LogP contribution in [-0.4, -0.2) is 61.2 Å². The summed E-state index contributed by atoms with van der Waals surface area (Å²) in [4.78, 5) is 53.8. The van der Waals surface area contributed by atoms with E-state index in [0.717, 1.165) is 12.8 Å². The van der Waals surface area contributed by atoms with Gasteiger partial charge in [0.25, 0.3) is 17.5 Å². The number of hydrogen-bond donors (Lipinski definition) is 1. The Morgan fingerprint density at radius 3 is 2.53 bits per heavy atom. The molecule has 0 aromatic heterocycles. The lowest BCUT2D eigenvalue weighted by Gasteiger charge is -2.44. The molecule has 1 saturated carbocycles. The van der Waals surface area contributed by atoms with Crippen LogP contribution in [0.2, 0.25) is 0 Å². The second-order valence-electron chi connectivity index (χ2n) is 9.07. The monoisotopic (exact) mass is 494 g/mol. The summed E-state index contributed by atoms with van der Waals surface area (Å²) in [6.07, 6.45) is 2.63. The van der Waals surface area contributed by atoms with Crippen molar-refractivity contribution in [1.82, 2.24) is 0 Å². The number of anilines is 3. The minimum Gasteiger partial charge on any atom is -0.452 e. The minimum atomic E-state index is -1.03. The van der Waals surface area contributed by atoms with Crippen LogP contribution in [0.5, 0.6) is 0 Å². The van der Waals surface area contributed by atoms with E-state index in [4.69, 9.17) is 9.47 Å². The summed E-state index contributed by atoms with van der Waals surface area (Å²) in [5.41, 5.74) is 0.291. The maximum atomic E-state index is 13.5. The molecule has 2 aliphatic heterocycles. The number of esters is 1. The predicted octanol–water partition coefficient (Wildman–Crippen LogP) is 2.89. The Morgan fingerprint density at radius 2 is 1.81 bits per heavy atom. The SMILES string of the molecule is O=C(OCC(=O)N1c2ccccc2NC(=O)C12CCCC2)c1cc([N+](=O)[O-])ccc1N1CCOCC1. The Morgan fingerprint density at radius 1 is 1.08 bits per heavy atom. The third-order valence-electron chi connectivity index (χ3n) is 7.01. The van der Waals surface area contributed by atoms with Crippen molar-refractivity contribution in [2.24, 2.45) is 0 Å². The molecule has 2 aromatic carbocycles. The number of non-ortho nitro benzene ring substituents is 1. The van der Waals surface area contributed by atoms with Gasteiger partial charge in [-0.2, -0.15) is 0 Å². The predicted molar refractivity (Wildman–Crippen MR) is 130 cm³/mol. The first-order valence-electron chi connectivity index (χ1n) is 11.9. The van der Waals surface area contributed by atoms with Gasteiger partial charge in [0.1, 0.15) is 5.54 Å². The molecule has 0 atom stereocenters. The number of nitrogens with one attached hydrogen (secondary N) is 1.